The molecule has 0 radical (unpaired) electrons. The van der Waals surface area contributed by atoms with Gasteiger partial charge in [-0.25, -0.2) is 9.37 Å². The standard InChI is InChI=1S/C19H20FN7OS/c1-25-18(14-4-2-3-5-15(14)20)23-24-19(25)29-13-17(28)27-10-8-26(9-11-27)16-12-21-6-7-22-16/h2-7,12H,8-11,13H2,1H3. The number of benzene rings is 1. The van der Waals surface area contributed by atoms with Gasteiger partial charge in [0.15, 0.2) is 11.0 Å². The van der Waals surface area contributed by atoms with Crippen LogP contribution in [-0.2, 0) is 11.8 Å². The Morgan fingerprint density at radius 2 is 1.93 bits per heavy atom. The molecule has 2 aromatic heterocycles. The molecule has 0 aliphatic carbocycles. The summed E-state index contributed by atoms with van der Waals surface area (Å²) < 4.78 is 15.7. The van der Waals surface area contributed by atoms with Crippen molar-refractivity contribution in [3.8, 4) is 11.4 Å². The van der Waals surface area contributed by atoms with Gasteiger partial charge in [-0.3, -0.25) is 9.78 Å². The molecule has 8 nitrogen and oxygen atoms in total. The molecule has 0 N–H and O–H groups in total. The minimum atomic E-state index is -0.350. The number of amides is 1. The monoisotopic (exact) mass is 413 g/mol. The van der Waals surface area contributed by atoms with Gasteiger partial charge in [-0.15, -0.1) is 10.2 Å². The predicted molar refractivity (Wildman–Crippen MR) is 108 cm³/mol. The summed E-state index contributed by atoms with van der Waals surface area (Å²) >= 11 is 1.31. The van der Waals surface area contributed by atoms with Crippen molar-refractivity contribution < 1.29 is 9.18 Å². The van der Waals surface area contributed by atoms with Gasteiger partial charge in [-0.1, -0.05) is 23.9 Å². The molecular formula is C19H20FN7OS. The highest BCUT2D eigenvalue weighted by molar-refractivity contribution is 7.99. The number of halogens is 1. The molecule has 3 aromatic rings. The number of hydrogen-bond donors (Lipinski definition) is 0. The van der Waals surface area contributed by atoms with Crippen molar-refractivity contribution in [1.82, 2.24) is 29.6 Å². The Bertz CT molecular complexity index is 989. The van der Waals surface area contributed by atoms with Gasteiger partial charge < -0.3 is 14.4 Å². The molecule has 0 unspecified atom stereocenters. The Labute approximate surface area is 171 Å². The summed E-state index contributed by atoms with van der Waals surface area (Å²) in [5, 5.41) is 8.78. The molecule has 1 fully saturated rings. The molecule has 1 saturated heterocycles. The van der Waals surface area contributed by atoms with E-state index in [0.717, 1.165) is 18.9 Å². The number of rotatable bonds is 5. The lowest BCUT2D eigenvalue weighted by Crippen LogP contribution is -2.49. The minimum absolute atomic E-state index is 0.0456. The maximum Gasteiger partial charge on any atom is 0.233 e. The molecule has 3 heterocycles. The van der Waals surface area contributed by atoms with Crippen molar-refractivity contribution in [2.75, 3.05) is 36.8 Å². The molecule has 0 atom stereocenters. The van der Waals surface area contributed by atoms with Crippen LogP contribution in [0.3, 0.4) is 0 Å². The number of carbonyl (C=O) groups excluding carboxylic acids is 1. The van der Waals surface area contributed by atoms with Gasteiger partial charge >= 0.3 is 0 Å². The fraction of sp³-hybridized carbons (Fsp3) is 0.316. The summed E-state index contributed by atoms with van der Waals surface area (Å²) in [7, 11) is 1.77. The average Bonchev–Trinajstić information content (AvgIpc) is 3.13. The van der Waals surface area contributed by atoms with Crippen molar-refractivity contribution in [2.45, 2.75) is 5.16 Å². The number of nitrogens with zero attached hydrogens (tertiary/aromatic N) is 7. The SMILES string of the molecule is Cn1c(SCC(=O)N2CCN(c3cnccn3)CC2)nnc1-c1ccccc1F. The van der Waals surface area contributed by atoms with Gasteiger partial charge in [-0.05, 0) is 12.1 Å². The topological polar surface area (TPSA) is 80.0 Å². The highest BCUT2D eigenvalue weighted by Crippen LogP contribution is 2.25. The zero-order chi connectivity index (χ0) is 20.2. The van der Waals surface area contributed by atoms with Gasteiger partial charge in [0, 0.05) is 45.6 Å². The number of piperazine rings is 1. The third-order valence-electron chi connectivity index (χ3n) is 4.78. The Balaban J connectivity index is 1.33. The second kappa shape index (κ2) is 8.56. The van der Waals surface area contributed by atoms with Crippen molar-refractivity contribution in [1.29, 1.82) is 0 Å². The molecule has 150 valence electrons. The quantitative estimate of drug-likeness (QED) is 0.591. The van der Waals surface area contributed by atoms with Crippen LogP contribution in [0.15, 0.2) is 48.0 Å². The molecule has 10 heteroatoms. The molecule has 4 rings (SSSR count). The van der Waals surface area contributed by atoms with Crippen LogP contribution in [0.5, 0.6) is 0 Å². The molecule has 1 aromatic carbocycles. The number of carbonyl (C=O) groups is 1. The summed E-state index contributed by atoms with van der Waals surface area (Å²) in [5.74, 6) is 1.22. The van der Waals surface area contributed by atoms with Gasteiger partial charge in [0.1, 0.15) is 11.6 Å². The predicted octanol–water partition coefficient (Wildman–Crippen LogP) is 1.85. The Morgan fingerprint density at radius 3 is 2.66 bits per heavy atom. The Hall–Kier alpha value is -3.01. The highest BCUT2D eigenvalue weighted by Gasteiger charge is 2.23. The maximum absolute atomic E-state index is 14.0. The zero-order valence-electron chi connectivity index (χ0n) is 15.9. The van der Waals surface area contributed by atoms with Gasteiger partial charge in [0.05, 0.1) is 17.5 Å². The van der Waals surface area contributed by atoms with E-state index in [2.05, 4.69) is 25.1 Å². The third kappa shape index (κ3) is 4.21. The Morgan fingerprint density at radius 1 is 1.14 bits per heavy atom. The van der Waals surface area contributed by atoms with E-state index in [0.29, 0.717) is 29.6 Å². The summed E-state index contributed by atoms with van der Waals surface area (Å²) in [6.45, 7) is 2.71. The first-order valence-electron chi connectivity index (χ1n) is 9.19. The summed E-state index contributed by atoms with van der Waals surface area (Å²) in [4.78, 5) is 24.9. The fourth-order valence-corrected chi connectivity index (χ4v) is 3.99. The molecule has 0 bridgehead atoms. The lowest BCUT2D eigenvalue weighted by molar-refractivity contribution is -0.128. The van der Waals surface area contributed by atoms with Crippen LogP contribution in [0.4, 0.5) is 10.2 Å². The van der Waals surface area contributed by atoms with Gasteiger partial charge in [0.25, 0.3) is 0 Å². The largest absolute Gasteiger partial charge is 0.352 e. The second-order valence-electron chi connectivity index (χ2n) is 6.57. The molecule has 1 aliphatic heterocycles. The molecule has 0 spiro atoms. The van der Waals surface area contributed by atoms with Crippen LogP contribution in [0, 0.1) is 5.82 Å². The van der Waals surface area contributed by atoms with Crippen LogP contribution in [0.25, 0.3) is 11.4 Å². The smallest absolute Gasteiger partial charge is 0.233 e. The van der Waals surface area contributed by atoms with E-state index in [4.69, 9.17) is 0 Å². The molecule has 1 amide bonds. The third-order valence-corrected chi connectivity index (χ3v) is 5.79. The molecule has 0 saturated carbocycles. The zero-order valence-corrected chi connectivity index (χ0v) is 16.7. The lowest BCUT2D eigenvalue weighted by Gasteiger charge is -2.35. The van der Waals surface area contributed by atoms with Crippen molar-refractivity contribution in [2.24, 2.45) is 7.05 Å². The van der Waals surface area contributed by atoms with Gasteiger partial charge in [0.2, 0.25) is 5.91 Å². The number of hydrogen-bond acceptors (Lipinski definition) is 7. The van der Waals surface area contributed by atoms with Crippen LogP contribution in [0.1, 0.15) is 0 Å². The van der Waals surface area contributed by atoms with Crippen LogP contribution in [0.2, 0.25) is 0 Å². The normalized spacial score (nSPS) is 14.3. The lowest BCUT2D eigenvalue weighted by atomic mass is 10.2. The van der Waals surface area contributed by atoms with Crippen molar-refractivity contribution in [3.05, 3.63) is 48.7 Å². The van der Waals surface area contributed by atoms with E-state index in [1.807, 2.05) is 4.90 Å². The average molecular weight is 413 g/mol. The number of thioether (sulfide) groups is 1. The first kappa shape index (κ1) is 19.3. The van der Waals surface area contributed by atoms with Crippen LogP contribution in [-0.4, -0.2) is 67.5 Å². The summed E-state index contributed by atoms with van der Waals surface area (Å²) in [6.07, 6.45) is 5.04. The second-order valence-corrected chi connectivity index (χ2v) is 7.51. The first-order valence-corrected chi connectivity index (χ1v) is 10.2. The van der Waals surface area contributed by atoms with E-state index in [9.17, 15) is 9.18 Å². The van der Waals surface area contributed by atoms with Crippen LogP contribution < -0.4 is 4.90 Å². The molecular weight excluding hydrogens is 393 g/mol. The van der Waals surface area contributed by atoms with Crippen LogP contribution >= 0.6 is 11.8 Å². The summed E-state index contributed by atoms with van der Waals surface area (Å²) in [5.41, 5.74) is 0.390. The summed E-state index contributed by atoms with van der Waals surface area (Å²) in [6, 6.07) is 6.44. The highest BCUT2D eigenvalue weighted by atomic mass is 32.2. The van der Waals surface area contributed by atoms with E-state index in [1.54, 1.807) is 48.4 Å². The first-order chi connectivity index (χ1) is 14.1. The maximum atomic E-state index is 14.0. The van der Waals surface area contributed by atoms with Crippen molar-refractivity contribution >= 4 is 23.5 Å². The van der Waals surface area contributed by atoms with E-state index in [1.165, 1.54) is 17.8 Å². The van der Waals surface area contributed by atoms with Crippen molar-refractivity contribution in [3.63, 3.8) is 0 Å². The molecule has 29 heavy (non-hydrogen) atoms. The van der Waals surface area contributed by atoms with E-state index in [-0.39, 0.29) is 17.5 Å². The number of aromatic nitrogens is 5. The fourth-order valence-electron chi connectivity index (χ4n) is 3.17. The van der Waals surface area contributed by atoms with E-state index < -0.39 is 0 Å². The molecule has 1 aliphatic rings. The van der Waals surface area contributed by atoms with E-state index >= 15 is 0 Å². The minimum Gasteiger partial charge on any atom is -0.352 e. The van der Waals surface area contributed by atoms with Gasteiger partial charge in [-0.2, -0.15) is 0 Å². The Kier molecular flexibility index (Phi) is 5.70. The number of anilines is 1.